The Morgan fingerprint density at radius 1 is 1.33 bits per heavy atom. The summed E-state index contributed by atoms with van der Waals surface area (Å²) in [5.74, 6) is -0.0629. The van der Waals surface area contributed by atoms with Gasteiger partial charge in [-0.05, 0) is 38.9 Å². The van der Waals surface area contributed by atoms with Crippen LogP contribution in [-0.4, -0.2) is 60.4 Å². The maximum Gasteiger partial charge on any atom is 0.246 e. The van der Waals surface area contributed by atoms with E-state index in [0.29, 0.717) is 12.5 Å². The Hall–Kier alpha value is -0.940. The second-order valence-electron chi connectivity index (χ2n) is 5.23. The van der Waals surface area contributed by atoms with E-state index in [2.05, 4.69) is 17.1 Å². The van der Waals surface area contributed by atoms with Gasteiger partial charge < -0.3 is 5.32 Å². The fourth-order valence-electron chi connectivity index (χ4n) is 2.98. The van der Waals surface area contributed by atoms with Crippen LogP contribution in [0.1, 0.15) is 32.6 Å². The summed E-state index contributed by atoms with van der Waals surface area (Å²) in [4.78, 5) is 27.3. The molecule has 0 aliphatic carbocycles. The number of carbonyl (C=O) groups excluding carboxylic acids is 2. The topological polar surface area (TPSA) is 52.7 Å². The third kappa shape index (κ3) is 2.57. The Labute approximate surface area is 108 Å². The largest absolute Gasteiger partial charge is 0.317 e. The van der Waals surface area contributed by atoms with Crippen molar-refractivity contribution in [3.8, 4) is 0 Å². The van der Waals surface area contributed by atoms with Gasteiger partial charge in [0.1, 0.15) is 0 Å². The molecule has 5 heteroatoms. The predicted molar refractivity (Wildman–Crippen MR) is 69.1 cm³/mol. The molecule has 0 bridgehead atoms. The fourth-order valence-corrected chi connectivity index (χ4v) is 2.98. The summed E-state index contributed by atoms with van der Waals surface area (Å²) in [5, 5.41) is 3.34. The van der Waals surface area contributed by atoms with E-state index in [4.69, 9.17) is 0 Å². The molecule has 1 N–H and O–H groups in total. The van der Waals surface area contributed by atoms with Gasteiger partial charge in [-0.15, -0.1) is 0 Å². The number of piperidine rings is 1. The zero-order chi connectivity index (χ0) is 13.1. The summed E-state index contributed by atoms with van der Waals surface area (Å²) >= 11 is 0. The molecule has 0 saturated carbocycles. The van der Waals surface area contributed by atoms with Gasteiger partial charge in [0.2, 0.25) is 11.8 Å². The second-order valence-corrected chi connectivity index (χ2v) is 5.23. The van der Waals surface area contributed by atoms with Crippen LogP contribution in [0.5, 0.6) is 0 Å². The van der Waals surface area contributed by atoms with Gasteiger partial charge in [0.25, 0.3) is 0 Å². The molecule has 2 saturated heterocycles. The zero-order valence-electron chi connectivity index (χ0n) is 11.3. The Balaban J connectivity index is 2.09. The van der Waals surface area contributed by atoms with Gasteiger partial charge in [-0.2, -0.15) is 0 Å². The van der Waals surface area contributed by atoms with Gasteiger partial charge in [-0.25, -0.2) is 0 Å². The molecule has 0 aromatic rings. The van der Waals surface area contributed by atoms with Crippen molar-refractivity contribution >= 4 is 11.8 Å². The summed E-state index contributed by atoms with van der Waals surface area (Å²) in [6.45, 7) is 5.05. The Bertz CT molecular complexity index is 326. The van der Waals surface area contributed by atoms with Gasteiger partial charge in [0.05, 0.1) is 12.5 Å². The Morgan fingerprint density at radius 2 is 2.00 bits per heavy atom. The van der Waals surface area contributed by atoms with Crippen LogP contribution in [0.25, 0.3) is 0 Å². The van der Waals surface area contributed by atoms with E-state index < -0.39 is 0 Å². The minimum Gasteiger partial charge on any atom is -0.317 e. The van der Waals surface area contributed by atoms with Gasteiger partial charge in [-0.3, -0.25) is 19.4 Å². The van der Waals surface area contributed by atoms with E-state index in [1.165, 1.54) is 4.90 Å². The van der Waals surface area contributed by atoms with Gasteiger partial charge in [0.15, 0.2) is 0 Å². The first kappa shape index (κ1) is 13.5. The van der Waals surface area contributed by atoms with Crippen molar-refractivity contribution in [3.05, 3.63) is 0 Å². The second kappa shape index (κ2) is 5.80. The molecule has 1 unspecified atom stereocenters. The first-order valence-electron chi connectivity index (χ1n) is 6.92. The molecule has 2 heterocycles. The molecule has 2 amide bonds. The molecule has 102 valence electrons. The number of nitrogens with one attached hydrogen (secondary N) is 1. The van der Waals surface area contributed by atoms with Crippen molar-refractivity contribution in [2.75, 3.05) is 26.7 Å². The van der Waals surface area contributed by atoms with Crippen molar-refractivity contribution in [1.82, 2.24) is 15.1 Å². The smallest absolute Gasteiger partial charge is 0.246 e. The molecule has 0 spiro atoms. The molecule has 5 nitrogen and oxygen atoms in total. The molecule has 2 fully saturated rings. The predicted octanol–water partition coefficient (Wildman–Crippen LogP) is 0.208. The Kier molecular flexibility index (Phi) is 4.35. The molecule has 0 radical (unpaired) electrons. The lowest BCUT2D eigenvalue weighted by atomic mass is 10.0. The highest BCUT2D eigenvalue weighted by molar-refractivity contribution is 6.05. The number of rotatable bonds is 4. The number of hydrogen-bond acceptors (Lipinski definition) is 4. The average molecular weight is 253 g/mol. The van der Waals surface area contributed by atoms with Crippen molar-refractivity contribution in [2.24, 2.45) is 0 Å². The average Bonchev–Trinajstić information content (AvgIpc) is 2.65. The van der Waals surface area contributed by atoms with E-state index in [9.17, 15) is 9.59 Å². The number of carbonyl (C=O) groups is 2. The van der Waals surface area contributed by atoms with Crippen molar-refractivity contribution < 1.29 is 9.59 Å². The van der Waals surface area contributed by atoms with Crippen LogP contribution in [-0.2, 0) is 9.59 Å². The van der Waals surface area contributed by atoms with Crippen LogP contribution >= 0.6 is 0 Å². The highest BCUT2D eigenvalue weighted by Gasteiger charge is 2.41. The summed E-state index contributed by atoms with van der Waals surface area (Å²) in [7, 11) is 1.59. The molecule has 0 aromatic carbocycles. The fraction of sp³-hybridized carbons (Fsp3) is 0.846. The van der Waals surface area contributed by atoms with Crippen LogP contribution in [0, 0.1) is 0 Å². The summed E-state index contributed by atoms with van der Waals surface area (Å²) < 4.78 is 0. The molecular weight excluding hydrogens is 230 g/mol. The van der Waals surface area contributed by atoms with Gasteiger partial charge >= 0.3 is 0 Å². The van der Waals surface area contributed by atoms with Crippen molar-refractivity contribution in [2.45, 2.75) is 44.7 Å². The van der Waals surface area contributed by atoms with Crippen molar-refractivity contribution in [3.63, 3.8) is 0 Å². The van der Waals surface area contributed by atoms with E-state index in [0.717, 1.165) is 38.9 Å². The van der Waals surface area contributed by atoms with Crippen LogP contribution < -0.4 is 5.32 Å². The third-order valence-electron chi connectivity index (χ3n) is 4.02. The summed E-state index contributed by atoms with van der Waals surface area (Å²) in [6, 6.07) is 0.227. The molecule has 1 atom stereocenters. The van der Waals surface area contributed by atoms with E-state index in [1.54, 1.807) is 7.05 Å². The molecule has 0 aromatic heterocycles. The quantitative estimate of drug-likeness (QED) is 0.728. The molecular formula is C13H23N3O2. The van der Waals surface area contributed by atoms with Gasteiger partial charge in [-0.1, -0.05) is 6.92 Å². The number of likely N-dealkylation sites (tertiary alicyclic amines) is 1. The lowest BCUT2D eigenvalue weighted by Gasteiger charge is -2.37. The van der Waals surface area contributed by atoms with Crippen LogP contribution in [0.3, 0.4) is 0 Å². The third-order valence-corrected chi connectivity index (χ3v) is 4.02. The number of hydrogen-bond donors (Lipinski definition) is 1. The zero-order valence-corrected chi connectivity index (χ0v) is 11.3. The maximum atomic E-state index is 12.1. The van der Waals surface area contributed by atoms with Crippen LogP contribution in [0.4, 0.5) is 0 Å². The van der Waals surface area contributed by atoms with Gasteiger partial charge in [0, 0.05) is 13.1 Å². The maximum absolute atomic E-state index is 12.1. The normalized spacial score (nSPS) is 26.4. The standard InChI is InChI=1S/C13H23N3O2/c1-3-8-16(10-4-6-14-7-5-10)11-9-12(17)15(2)13(11)18/h10-11,14H,3-9H2,1-2H3. The lowest BCUT2D eigenvalue weighted by Crippen LogP contribution is -2.50. The highest BCUT2D eigenvalue weighted by Crippen LogP contribution is 2.23. The number of likely N-dealkylation sites (N-methyl/N-ethyl adjacent to an activating group) is 1. The van der Waals surface area contributed by atoms with E-state index in [1.807, 2.05) is 0 Å². The minimum absolute atomic E-state index is 0.0213. The molecule has 2 rings (SSSR count). The first-order chi connectivity index (χ1) is 8.65. The molecule has 2 aliphatic heterocycles. The number of nitrogens with zero attached hydrogens (tertiary/aromatic N) is 2. The summed E-state index contributed by atoms with van der Waals surface area (Å²) in [6.07, 6.45) is 3.52. The summed E-state index contributed by atoms with van der Waals surface area (Å²) in [5.41, 5.74) is 0. The lowest BCUT2D eigenvalue weighted by molar-refractivity contribution is -0.138. The highest BCUT2D eigenvalue weighted by atomic mass is 16.2. The SMILES string of the molecule is CCCN(C1CCNCC1)C1CC(=O)N(C)C1=O. The first-order valence-corrected chi connectivity index (χ1v) is 6.92. The number of imide groups is 1. The van der Waals surface area contributed by atoms with E-state index >= 15 is 0 Å². The number of amides is 2. The van der Waals surface area contributed by atoms with Crippen LogP contribution in [0.2, 0.25) is 0 Å². The minimum atomic E-state index is -0.217. The Morgan fingerprint density at radius 3 is 2.50 bits per heavy atom. The molecule has 2 aliphatic rings. The monoisotopic (exact) mass is 253 g/mol. The molecule has 18 heavy (non-hydrogen) atoms. The van der Waals surface area contributed by atoms with Crippen molar-refractivity contribution in [1.29, 1.82) is 0 Å². The van der Waals surface area contributed by atoms with E-state index in [-0.39, 0.29) is 17.9 Å². The van der Waals surface area contributed by atoms with Crippen LogP contribution in [0.15, 0.2) is 0 Å².